The molecule has 1 amide bonds. The van der Waals surface area contributed by atoms with E-state index in [2.05, 4.69) is 5.32 Å². The van der Waals surface area contributed by atoms with Crippen molar-refractivity contribution in [3.05, 3.63) is 99.3 Å². The zero-order valence-electron chi connectivity index (χ0n) is 24.8. The number of sulfonamides is 1. The minimum absolute atomic E-state index is 0.0301. The first-order chi connectivity index (χ1) is 20.8. The first-order valence-corrected chi connectivity index (χ1v) is 16.1. The van der Waals surface area contributed by atoms with E-state index >= 15 is 0 Å². The van der Waals surface area contributed by atoms with Gasteiger partial charge >= 0.3 is 0 Å². The Morgan fingerprint density at radius 2 is 1.67 bits per heavy atom. The number of benzene rings is 3. The number of aryl methyl sites for hydroxylation is 1. The molecule has 43 heavy (non-hydrogen) atoms. The summed E-state index contributed by atoms with van der Waals surface area (Å²) in [5, 5.41) is 3.05. The molecule has 1 aromatic heterocycles. The predicted octanol–water partition coefficient (Wildman–Crippen LogP) is 4.54. The van der Waals surface area contributed by atoms with Crippen LogP contribution in [0, 0.1) is 0 Å². The lowest BCUT2D eigenvalue weighted by molar-refractivity contribution is 0.0952. The fourth-order valence-corrected chi connectivity index (χ4v) is 6.90. The molecular formula is C33H37N3O6S. The van der Waals surface area contributed by atoms with Gasteiger partial charge in [0.1, 0.15) is 5.56 Å². The van der Waals surface area contributed by atoms with Crippen LogP contribution in [0.25, 0.3) is 10.9 Å². The molecule has 0 fully saturated rings. The largest absolute Gasteiger partial charge is 0.490 e. The van der Waals surface area contributed by atoms with E-state index in [1.54, 1.807) is 16.8 Å². The number of fused-ring (bicyclic) bond motifs is 2. The van der Waals surface area contributed by atoms with Gasteiger partial charge in [0.25, 0.3) is 5.91 Å². The molecule has 9 nitrogen and oxygen atoms in total. The maximum atomic E-state index is 13.6. The Balaban J connectivity index is 1.38. The molecule has 0 saturated heterocycles. The van der Waals surface area contributed by atoms with Gasteiger partial charge in [0.05, 0.1) is 23.6 Å². The van der Waals surface area contributed by atoms with Crippen molar-refractivity contribution in [3.63, 3.8) is 0 Å². The van der Waals surface area contributed by atoms with E-state index in [-0.39, 0.29) is 22.4 Å². The van der Waals surface area contributed by atoms with E-state index in [4.69, 9.17) is 9.47 Å². The molecule has 3 aromatic carbocycles. The molecule has 0 saturated carbocycles. The van der Waals surface area contributed by atoms with Gasteiger partial charge in [0.2, 0.25) is 15.5 Å². The van der Waals surface area contributed by atoms with Crippen molar-refractivity contribution in [2.75, 3.05) is 26.3 Å². The van der Waals surface area contributed by atoms with Crippen molar-refractivity contribution in [1.82, 2.24) is 14.2 Å². The zero-order chi connectivity index (χ0) is 30.6. The molecule has 0 aliphatic carbocycles. The Morgan fingerprint density at radius 3 is 2.42 bits per heavy atom. The lowest BCUT2D eigenvalue weighted by Gasteiger charge is -2.28. The maximum Gasteiger partial charge on any atom is 0.256 e. The summed E-state index contributed by atoms with van der Waals surface area (Å²) in [6, 6.07) is 18.1. The molecule has 4 aromatic rings. The third-order valence-corrected chi connectivity index (χ3v) is 9.52. The van der Waals surface area contributed by atoms with Crippen molar-refractivity contribution < 1.29 is 22.7 Å². The lowest BCUT2D eigenvalue weighted by atomic mass is 10.0. The van der Waals surface area contributed by atoms with E-state index in [0.29, 0.717) is 62.7 Å². The number of nitrogens with zero attached hydrogens (tertiary/aromatic N) is 2. The summed E-state index contributed by atoms with van der Waals surface area (Å²) in [6.07, 6.45) is 2.69. The summed E-state index contributed by atoms with van der Waals surface area (Å²) < 4.78 is 41.8. The van der Waals surface area contributed by atoms with Crippen molar-refractivity contribution in [2.45, 2.75) is 51.6 Å². The van der Waals surface area contributed by atoms with Crippen LogP contribution in [0.1, 0.15) is 47.8 Å². The maximum absolute atomic E-state index is 13.6. The lowest BCUT2D eigenvalue weighted by Crippen LogP contribution is -2.36. The second-order valence-electron chi connectivity index (χ2n) is 10.3. The minimum Gasteiger partial charge on any atom is -0.490 e. The van der Waals surface area contributed by atoms with Gasteiger partial charge in [-0.3, -0.25) is 9.59 Å². The van der Waals surface area contributed by atoms with Gasteiger partial charge in [-0.05, 0) is 80.6 Å². The van der Waals surface area contributed by atoms with E-state index in [1.807, 2.05) is 63.2 Å². The number of nitrogens with one attached hydrogen (secondary N) is 1. The minimum atomic E-state index is -3.86. The number of pyridine rings is 1. The summed E-state index contributed by atoms with van der Waals surface area (Å²) in [5.41, 5.74) is 3.11. The van der Waals surface area contributed by atoms with Crippen LogP contribution in [0.5, 0.6) is 11.5 Å². The van der Waals surface area contributed by atoms with Gasteiger partial charge in [-0.15, -0.1) is 0 Å². The number of rotatable bonds is 11. The summed E-state index contributed by atoms with van der Waals surface area (Å²) in [4.78, 5) is 26.9. The van der Waals surface area contributed by atoms with Gasteiger partial charge < -0.3 is 19.4 Å². The average Bonchev–Trinajstić information content (AvgIpc) is 3.02. The SMILES string of the molecule is CCOc1ccc(CCNC(=O)c2cn(CC)c3ccc(S(=O)(=O)N4CCc5ccccc5C4)cc3c2=O)cc1OCC. The highest BCUT2D eigenvalue weighted by Gasteiger charge is 2.29. The van der Waals surface area contributed by atoms with Gasteiger partial charge in [-0.25, -0.2) is 8.42 Å². The van der Waals surface area contributed by atoms with Gasteiger partial charge in [0, 0.05) is 37.8 Å². The first-order valence-electron chi connectivity index (χ1n) is 14.7. The molecule has 5 rings (SSSR count). The topological polar surface area (TPSA) is 107 Å². The average molecular weight is 604 g/mol. The second kappa shape index (κ2) is 13.0. The number of carbonyl (C=O) groups excluding carboxylic acids is 1. The van der Waals surface area contributed by atoms with E-state index in [0.717, 1.165) is 16.7 Å². The smallest absolute Gasteiger partial charge is 0.256 e. The molecule has 226 valence electrons. The standard InChI is InChI=1S/C33H37N3O6S/c1-4-35-22-28(33(38)34-17-15-23-11-14-30(41-5-2)31(19-23)42-6-3)32(37)27-20-26(12-13-29(27)35)43(39,40)36-18-16-24-9-7-8-10-25(24)21-36/h7-14,19-20,22H,4-6,15-18,21H2,1-3H3,(H,34,38). The second-order valence-corrected chi connectivity index (χ2v) is 12.3. The van der Waals surface area contributed by atoms with E-state index in [1.165, 1.54) is 16.4 Å². The monoisotopic (exact) mass is 603 g/mol. The Morgan fingerprint density at radius 1 is 0.930 bits per heavy atom. The summed E-state index contributed by atoms with van der Waals surface area (Å²) in [5.74, 6) is 0.805. The van der Waals surface area contributed by atoms with E-state index in [9.17, 15) is 18.0 Å². The Bertz CT molecular complexity index is 1820. The molecule has 0 atom stereocenters. The number of carbonyl (C=O) groups is 1. The molecule has 0 radical (unpaired) electrons. The first kappa shape index (κ1) is 30.3. The molecule has 2 heterocycles. The van der Waals surface area contributed by atoms with Crippen LogP contribution < -0.4 is 20.2 Å². The quantitative estimate of drug-likeness (QED) is 0.270. The zero-order valence-corrected chi connectivity index (χ0v) is 25.6. The number of hydrogen-bond acceptors (Lipinski definition) is 6. The van der Waals surface area contributed by atoms with Crippen molar-refractivity contribution in [1.29, 1.82) is 0 Å². The van der Waals surface area contributed by atoms with Crippen LogP contribution in [-0.4, -0.2) is 49.5 Å². The van der Waals surface area contributed by atoms with Crippen molar-refractivity contribution >= 4 is 26.8 Å². The van der Waals surface area contributed by atoms with Crippen LogP contribution in [0.4, 0.5) is 0 Å². The molecule has 0 unspecified atom stereocenters. The van der Waals surface area contributed by atoms with Gasteiger partial charge in [0.15, 0.2) is 11.5 Å². The fraction of sp³-hybridized carbons (Fsp3) is 0.333. The third kappa shape index (κ3) is 6.30. The fourth-order valence-electron chi connectivity index (χ4n) is 5.45. The molecule has 0 spiro atoms. The van der Waals surface area contributed by atoms with Crippen LogP contribution >= 0.6 is 0 Å². The normalized spacial score (nSPS) is 13.5. The number of hydrogen-bond donors (Lipinski definition) is 1. The number of ether oxygens (including phenoxy) is 2. The number of amides is 1. The molecule has 1 N–H and O–H groups in total. The highest BCUT2D eigenvalue weighted by molar-refractivity contribution is 7.89. The predicted molar refractivity (Wildman–Crippen MR) is 166 cm³/mol. The van der Waals surface area contributed by atoms with Crippen LogP contribution in [0.2, 0.25) is 0 Å². The molecule has 0 bridgehead atoms. The summed E-state index contributed by atoms with van der Waals surface area (Å²) in [6.45, 7) is 8.18. The van der Waals surface area contributed by atoms with Crippen molar-refractivity contribution in [3.8, 4) is 11.5 Å². The van der Waals surface area contributed by atoms with Crippen LogP contribution in [0.3, 0.4) is 0 Å². The molecule has 1 aliphatic rings. The molecular weight excluding hydrogens is 566 g/mol. The Kier molecular flexibility index (Phi) is 9.17. The van der Waals surface area contributed by atoms with Crippen LogP contribution in [0.15, 0.2) is 76.6 Å². The van der Waals surface area contributed by atoms with Gasteiger partial charge in [-0.1, -0.05) is 30.3 Å². The summed E-state index contributed by atoms with van der Waals surface area (Å²) in [7, 11) is -3.86. The third-order valence-electron chi connectivity index (χ3n) is 7.68. The Hall–Kier alpha value is -4.15. The van der Waals surface area contributed by atoms with E-state index < -0.39 is 21.4 Å². The number of aromatic nitrogens is 1. The molecule has 10 heteroatoms. The van der Waals surface area contributed by atoms with Gasteiger partial charge in [-0.2, -0.15) is 4.31 Å². The Labute approximate surface area is 252 Å². The molecule has 1 aliphatic heterocycles. The van der Waals surface area contributed by atoms with Crippen molar-refractivity contribution in [2.24, 2.45) is 0 Å². The van der Waals surface area contributed by atoms with Crippen LogP contribution in [-0.2, 0) is 36.0 Å². The summed E-state index contributed by atoms with van der Waals surface area (Å²) >= 11 is 0. The highest BCUT2D eigenvalue weighted by Crippen LogP contribution is 2.29. The highest BCUT2D eigenvalue weighted by atomic mass is 32.2.